The van der Waals surface area contributed by atoms with E-state index in [2.05, 4.69) is 26.8 Å². The van der Waals surface area contributed by atoms with Crippen LogP contribution in [0.5, 0.6) is 0 Å². The second kappa shape index (κ2) is 5.74. The Hall–Kier alpha value is -0.850. The largest absolute Gasteiger partial charge is 0.295 e. The van der Waals surface area contributed by atoms with Crippen molar-refractivity contribution in [3.05, 3.63) is 23.8 Å². The van der Waals surface area contributed by atoms with Gasteiger partial charge in [0.05, 0.1) is 0 Å². The van der Waals surface area contributed by atoms with E-state index in [1.54, 1.807) is 13.0 Å². The Labute approximate surface area is 81.5 Å². The van der Waals surface area contributed by atoms with E-state index in [0.717, 1.165) is 0 Å². The lowest BCUT2D eigenvalue weighted by Crippen LogP contribution is -2.05. The van der Waals surface area contributed by atoms with Crippen molar-refractivity contribution in [2.75, 3.05) is 0 Å². The fourth-order valence-corrected chi connectivity index (χ4v) is 1.11. The highest BCUT2D eigenvalue weighted by molar-refractivity contribution is 5.87. The Morgan fingerprint density at radius 3 is 2.00 bits per heavy atom. The van der Waals surface area contributed by atoms with Crippen molar-refractivity contribution in [2.24, 2.45) is 11.8 Å². The van der Waals surface area contributed by atoms with E-state index < -0.39 is 0 Å². The van der Waals surface area contributed by atoms with Crippen LogP contribution in [0.15, 0.2) is 23.8 Å². The van der Waals surface area contributed by atoms with Crippen LogP contribution in [0, 0.1) is 11.8 Å². The first-order chi connectivity index (χ1) is 5.99. The van der Waals surface area contributed by atoms with E-state index in [1.165, 1.54) is 5.57 Å². The monoisotopic (exact) mass is 180 g/mol. The molecule has 0 aromatic heterocycles. The number of allylic oxidation sites excluding steroid dienone is 4. The quantitative estimate of drug-likeness (QED) is 0.479. The van der Waals surface area contributed by atoms with Crippen LogP contribution in [0.3, 0.4) is 0 Å². The summed E-state index contributed by atoms with van der Waals surface area (Å²) in [6, 6.07) is 0. The highest BCUT2D eigenvalue weighted by Gasteiger charge is 2.09. The maximum atomic E-state index is 10.7. The highest BCUT2D eigenvalue weighted by atomic mass is 16.1. The maximum Gasteiger partial charge on any atom is 0.152 e. The lowest BCUT2D eigenvalue weighted by atomic mass is 9.89. The van der Waals surface area contributed by atoms with Crippen LogP contribution in [0.2, 0.25) is 0 Å². The SMILES string of the molecule is CC=C(/C=C\C(C)=O)C(C)C(C)C. The summed E-state index contributed by atoms with van der Waals surface area (Å²) in [7, 11) is 0. The van der Waals surface area contributed by atoms with Gasteiger partial charge >= 0.3 is 0 Å². The van der Waals surface area contributed by atoms with E-state index in [4.69, 9.17) is 0 Å². The van der Waals surface area contributed by atoms with Crippen LogP contribution in [0.4, 0.5) is 0 Å². The van der Waals surface area contributed by atoms with Gasteiger partial charge in [-0.1, -0.05) is 32.9 Å². The topological polar surface area (TPSA) is 17.1 Å². The minimum atomic E-state index is 0.107. The van der Waals surface area contributed by atoms with Crippen molar-refractivity contribution >= 4 is 5.78 Å². The molecule has 74 valence electrons. The normalized spacial score (nSPS) is 15.4. The molecule has 0 aromatic carbocycles. The van der Waals surface area contributed by atoms with Gasteiger partial charge in [-0.3, -0.25) is 4.79 Å². The number of rotatable bonds is 4. The molecular weight excluding hydrogens is 160 g/mol. The molecule has 0 aliphatic rings. The molecule has 0 aliphatic carbocycles. The Kier molecular flexibility index (Phi) is 5.36. The van der Waals surface area contributed by atoms with Gasteiger partial charge in [-0.05, 0) is 37.3 Å². The van der Waals surface area contributed by atoms with Gasteiger partial charge in [-0.25, -0.2) is 0 Å². The van der Waals surface area contributed by atoms with E-state index >= 15 is 0 Å². The second-order valence-corrected chi connectivity index (χ2v) is 3.77. The first-order valence-electron chi connectivity index (χ1n) is 4.83. The predicted octanol–water partition coefficient (Wildman–Crippen LogP) is 3.37. The molecule has 0 bridgehead atoms. The summed E-state index contributed by atoms with van der Waals surface area (Å²) in [5.74, 6) is 1.23. The minimum Gasteiger partial charge on any atom is -0.295 e. The van der Waals surface area contributed by atoms with E-state index in [9.17, 15) is 4.79 Å². The molecule has 0 N–H and O–H groups in total. The van der Waals surface area contributed by atoms with Gasteiger partial charge in [0, 0.05) is 0 Å². The van der Waals surface area contributed by atoms with Gasteiger partial charge in [-0.15, -0.1) is 0 Å². The van der Waals surface area contributed by atoms with Gasteiger partial charge in [-0.2, -0.15) is 0 Å². The Bertz CT molecular complexity index is 221. The summed E-state index contributed by atoms with van der Waals surface area (Å²) in [6.07, 6.45) is 5.63. The van der Waals surface area contributed by atoms with E-state index in [-0.39, 0.29) is 5.78 Å². The Balaban J connectivity index is 4.46. The molecule has 0 radical (unpaired) electrons. The molecule has 0 amide bonds. The Morgan fingerprint density at radius 1 is 1.15 bits per heavy atom. The standard InChI is InChI=1S/C12H20O/c1-6-12(8-7-10(4)13)11(5)9(2)3/h6-9,11H,1-5H3/b8-7-,12-6?. The van der Waals surface area contributed by atoms with Gasteiger partial charge < -0.3 is 0 Å². The first kappa shape index (κ1) is 12.2. The fraction of sp³-hybridized carbons (Fsp3) is 0.583. The van der Waals surface area contributed by atoms with E-state index in [0.29, 0.717) is 11.8 Å². The summed E-state index contributed by atoms with van der Waals surface area (Å²) >= 11 is 0. The first-order valence-corrected chi connectivity index (χ1v) is 4.83. The third kappa shape index (κ3) is 4.66. The maximum absolute atomic E-state index is 10.7. The zero-order valence-corrected chi connectivity index (χ0v) is 9.29. The van der Waals surface area contributed by atoms with Crippen LogP contribution in [0.1, 0.15) is 34.6 Å². The summed E-state index contributed by atoms with van der Waals surface area (Å²) < 4.78 is 0. The zero-order valence-electron chi connectivity index (χ0n) is 9.29. The summed E-state index contributed by atoms with van der Waals surface area (Å²) in [4.78, 5) is 10.7. The van der Waals surface area contributed by atoms with Gasteiger partial charge in [0.1, 0.15) is 0 Å². The molecule has 1 atom stereocenters. The van der Waals surface area contributed by atoms with Crippen LogP contribution in [-0.4, -0.2) is 5.78 Å². The predicted molar refractivity (Wildman–Crippen MR) is 57.6 cm³/mol. The molecule has 0 rings (SSSR count). The number of hydrogen-bond donors (Lipinski definition) is 0. The van der Waals surface area contributed by atoms with Crippen molar-refractivity contribution in [1.29, 1.82) is 0 Å². The molecule has 0 spiro atoms. The summed E-state index contributed by atoms with van der Waals surface area (Å²) in [5.41, 5.74) is 1.24. The number of hydrogen-bond acceptors (Lipinski definition) is 1. The van der Waals surface area contributed by atoms with Gasteiger partial charge in [0.2, 0.25) is 0 Å². The molecule has 1 unspecified atom stereocenters. The number of carbonyl (C=O) groups is 1. The third-order valence-electron chi connectivity index (χ3n) is 2.37. The lowest BCUT2D eigenvalue weighted by Gasteiger charge is -2.16. The minimum absolute atomic E-state index is 0.107. The summed E-state index contributed by atoms with van der Waals surface area (Å²) in [5, 5.41) is 0. The molecule has 0 saturated heterocycles. The van der Waals surface area contributed by atoms with Crippen LogP contribution in [-0.2, 0) is 4.79 Å². The zero-order chi connectivity index (χ0) is 10.4. The Morgan fingerprint density at radius 2 is 1.69 bits per heavy atom. The molecule has 1 nitrogen and oxygen atoms in total. The molecule has 13 heavy (non-hydrogen) atoms. The molecule has 1 heteroatoms. The molecule has 0 aromatic rings. The molecule has 0 fully saturated rings. The molecule has 0 saturated carbocycles. The van der Waals surface area contributed by atoms with Crippen LogP contribution in [0.25, 0.3) is 0 Å². The highest BCUT2D eigenvalue weighted by Crippen LogP contribution is 2.20. The van der Waals surface area contributed by atoms with Crippen molar-refractivity contribution in [3.63, 3.8) is 0 Å². The molecule has 0 heterocycles. The molecule has 0 aliphatic heterocycles. The van der Waals surface area contributed by atoms with Crippen molar-refractivity contribution in [1.82, 2.24) is 0 Å². The smallest absolute Gasteiger partial charge is 0.152 e. The summed E-state index contributed by atoms with van der Waals surface area (Å²) in [6.45, 7) is 10.2. The average Bonchev–Trinajstić information content (AvgIpc) is 2.04. The number of ketones is 1. The van der Waals surface area contributed by atoms with Crippen molar-refractivity contribution in [2.45, 2.75) is 34.6 Å². The lowest BCUT2D eigenvalue weighted by molar-refractivity contribution is -0.112. The second-order valence-electron chi connectivity index (χ2n) is 3.77. The third-order valence-corrected chi connectivity index (χ3v) is 2.37. The average molecular weight is 180 g/mol. The molecular formula is C12H20O. The van der Waals surface area contributed by atoms with Crippen LogP contribution < -0.4 is 0 Å². The fourth-order valence-electron chi connectivity index (χ4n) is 1.11. The van der Waals surface area contributed by atoms with Crippen LogP contribution >= 0.6 is 0 Å². The van der Waals surface area contributed by atoms with Gasteiger partial charge in [0.15, 0.2) is 5.78 Å². The number of carbonyl (C=O) groups excluding carboxylic acids is 1. The van der Waals surface area contributed by atoms with E-state index in [1.807, 2.05) is 13.0 Å². The van der Waals surface area contributed by atoms with Crippen molar-refractivity contribution in [3.8, 4) is 0 Å². The van der Waals surface area contributed by atoms with Crippen molar-refractivity contribution < 1.29 is 4.79 Å². The van der Waals surface area contributed by atoms with Gasteiger partial charge in [0.25, 0.3) is 0 Å².